The summed E-state index contributed by atoms with van der Waals surface area (Å²) in [4.78, 5) is 24.5. The molecule has 4 rings (SSSR count). The minimum atomic E-state index is -4.91. The molecule has 0 radical (unpaired) electrons. The molecule has 5 nitrogen and oxygen atoms in total. The minimum absolute atomic E-state index is 0.00497. The van der Waals surface area contributed by atoms with Crippen molar-refractivity contribution in [2.24, 2.45) is 0 Å². The lowest BCUT2D eigenvalue weighted by Crippen LogP contribution is -2.19. The molecule has 0 aliphatic heterocycles. The van der Waals surface area contributed by atoms with Gasteiger partial charge in [-0.3, -0.25) is 4.79 Å². The van der Waals surface area contributed by atoms with E-state index in [9.17, 15) is 22.8 Å². The van der Waals surface area contributed by atoms with Crippen molar-refractivity contribution < 1.29 is 36.6 Å². The molecule has 3 aromatic rings. The van der Waals surface area contributed by atoms with Crippen molar-refractivity contribution in [2.45, 2.75) is 37.8 Å². The van der Waals surface area contributed by atoms with E-state index in [-0.39, 0.29) is 36.1 Å². The van der Waals surface area contributed by atoms with E-state index in [4.69, 9.17) is 16.7 Å². The molecular formula is C23H16ClF5N2O3. The molecule has 0 amide bonds. The number of carboxylic acids is 1. The number of carbonyl (C=O) groups excluding carboxylic acids is 1. The molecule has 0 saturated heterocycles. The number of nitrogens with zero attached hydrogens (tertiary/aromatic N) is 2. The molecule has 1 aliphatic rings. The van der Waals surface area contributed by atoms with Crippen LogP contribution < -0.4 is 0 Å². The van der Waals surface area contributed by atoms with Crippen LogP contribution in [-0.4, -0.2) is 26.6 Å². The van der Waals surface area contributed by atoms with Crippen LogP contribution in [0.5, 0.6) is 0 Å². The SMILES string of the molecule is O=C(O)c1ccc(-n2nc(C(=O)c3c(Cl)cccc3C(F)(F)F)c3c2C(F)(F)CCCC3)cc1. The van der Waals surface area contributed by atoms with E-state index in [1.807, 2.05) is 0 Å². The molecule has 0 saturated carbocycles. The molecule has 0 fully saturated rings. The van der Waals surface area contributed by atoms with Gasteiger partial charge in [0.05, 0.1) is 27.4 Å². The number of carbonyl (C=O) groups is 2. The first-order valence-electron chi connectivity index (χ1n) is 10.2. The number of carboxylic acid groups (broad SMARTS) is 1. The van der Waals surface area contributed by atoms with Crippen molar-refractivity contribution in [3.63, 3.8) is 0 Å². The van der Waals surface area contributed by atoms with Crippen LogP contribution in [-0.2, 0) is 18.5 Å². The van der Waals surface area contributed by atoms with Crippen LogP contribution in [0.15, 0.2) is 42.5 Å². The Morgan fingerprint density at radius 2 is 1.74 bits per heavy atom. The highest BCUT2D eigenvalue weighted by Gasteiger charge is 2.44. The zero-order chi connectivity index (χ0) is 24.8. The fraction of sp³-hybridized carbons (Fsp3) is 0.261. The van der Waals surface area contributed by atoms with Gasteiger partial charge in [-0.2, -0.15) is 27.1 Å². The normalized spacial score (nSPS) is 15.5. The van der Waals surface area contributed by atoms with E-state index in [2.05, 4.69) is 5.10 Å². The first-order chi connectivity index (χ1) is 15.9. The highest BCUT2D eigenvalue weighted by atomic mass is 35.5. The maximum atomic E-state index is 15.2. The molecule has 2 aromatic carbocycles. The van der Waals surface area contributed by atoms with E-state index in [0.29, 0.717) is 6.07 Å². The van der Waals surface area contributed by atoms with E-state index < -0.39 is 57.8 Å². The molecule has 11 heteroatoms. The molecule has 1 aliphatic carbocycles. The molecule has 0 bridgehead atoms. The van der Waals surface area contributed by atoms with E-state index in [1.54, 1.807) is 0 Å². The van der Waals surface area contributed by atoms with Gasteiger partial charge in [-0.05, 0) is 55.7 Å². The zero-order valence-corrected chi connectivity index (χ0v) is 18.1. The summed E-state index contributed by atoms with van der Waals surface area (Å²) >= 11 is 5.96. The van der Waals surface area contributed by atoms with Gasteiger partial charge in [0.15, 0.2) is 0 Å². The van der Waals surface area contributed by atoms with Crippen molar-refractivity contribution >= 4 is 23.4 Å². The molecule has 0 spiro atoms. The lowest BCUT2D eigenvalue weighted by Gasteiger charge is -2.17. The highest BCUT2D eigenvalue weighted by molar-refractivity contribution is 6.35. The number of ketones is 1. The summed E-state index contributed by atoms with van der Waals surface area (Å²) in [6, 6.07) is 7.67. The number of hydrogen-bond donors (Lipinski definition) is 1. The van der Waals surface area contributed by atoms with Crippen LogP contribution in [0.3, 0.4) is 0 Å². The molecule has 0 atom stereocenters. The van der Waals surface area contributed by atoms with Crippen molar-refractivity contribution in [2.75, 3.05) is 0 Å². The lowest BCUT2D eigenvalue weighted by atomic mass is 9.96. The molecule has 1 heterocycles. The summed E-state index contributed by atoms with van der Waals surface area (Å²) in [7, 11) is 0. The molecule has 0 unspecified atom stereocenters. The third-order valence-corrected chi connectivity index (χ3v) is 5.93. The van der Waals surface area contributed by atoms with Gasteiger partial charge in [0.2, 0.25) is 5.78 Å². The molecule has 1 N–H and O–H groups in total. The largest absolute Gasteiger partial charge is 0.478 e. The number of alkyl halides is 5. The van der Waals surface area contributed by atoms with Crippen LogP contribution in [0.4, 0.5) is 22.0 Å². The van der Waals surface area contributed by atoms with Gasteiger partial charge in [0.25, 0.3) is 5.92 Å². The number of fused-ring (bicyclic) bond motifs is 1. The summed E-state index contributed by atoms with van der Waals surface area (Å²) in [5.41, 5.74) is -3.51. The third kappa shape index (κ3) is 4.18. The van der Waals surface area contributed by atoms with Gasteiger partial charge >= 0.3 is 12.1 Å². The number of rotatable bonds is 4. The maximum Gasteiger partial charge on any atom is 0.417 e. The Morgan fingerprint density at radius 3 is 2.35 bits per heavy atom. The average Bonchev–Trinajstić information content (AvgIpc) is 3.08. The Hall–Kier alpha value is -3.27. The van der Waals surface area contributed by atoms with Gasteiger partial charge in [0.1, 0.15) is 11.4 Å². The molecule has 34 heavy (non-hydrogen) atoms. The molecule has 178 valence electrons. The fourth-order valence-corrected chi connectivity index (χ4v) is 4.31. The van der Waals surface area contributed by atoms with Crippen molar-refractivity contribution in [3.8, 4) is 5.69 Å². The standard InChI is InChI=1S/C23H16ClF5N2O3/c24-16-6-3-5-15(23(27,28)29)17(16)19(32)18-14-4-1-2-11-22(25,26)20(14)31(30-18)13-9-7-12(8-10-13)21(33)34/h3,5-10H,1-2,4,11H2,(H,33,34). The Balaban J connectivity index is 1.96. The van der Waals surface area contributed by atoms with E-state index in [1.165, 1.54) is 24.3 Å². The summed E-state index contributed by atoms with van der Waals surface area (Å²) in [6.45, 7) is 0. The summed E-state index contributed by atoms with van der Waals surface area (Å²) in [5.74, 6) is -5.87. The zero-order valence-electron chi connectivity index (χ0n) is 17.3. The second kappa shape index (κ2) is 8.50. The Labute approximate surface area is 194 Å². The van der Waals surface area contributed by atoms with Crippen molar-refractivity contribution in [1.82, 2.24) is 9.78 Å². The van der Waals surface area contributed by atoms with Gasteiger partial charge < -0.3 is 5.11 Å². The smallest absolute Gasteiger partial charge is 0.417 e. The lowest BCUT2D eigenvalue weighted by molar-refractivity contribution is -0.137. The van der Waals surface area contributed by atoms with Gasteiger partial charge in [-0.1, -0.05) is 17.7 Å². The van der Waals surface area contributed by atoms with Crippen molar-refractivity contribution in [3.05, 3.63) is 81.1 Å². The predicted molar refractivity (Wildman–Crippen MR) is 112 cm³/mol. The summed E-state index contributed by atoms with van der Waals surface area (Å²) < 4.78 is 71.9. The fourth-order valence-electron chi connectivity index (χ4n) is 4.05. The second-order valence-corrected chi connectivity index (χ2v) is 8.25. The van der Waals surface area contributed by atoms with Crippen molar-refractivity contribution in [1.29, 1.82) is 0 Å². The van der Waals surface area contributed by atoms with Crippen LogP contribution >= 0.6 is 11.6 Å². The summed E-state index contributed by atoms with van der Waals surface area (Å²) in [5, 5.41) is 12.6. The topological polar surface area (TPSA) is 72.2 Å². The number of aromatic carboxylic acids is 1. The number of aromatic nitrogens is 2. The Kier molecular flexibility index (Phi) is 5.97. The van der Waals surface area contributed by atoms with Gasteiger partial charge in [0, 0.05) is 12.0 Å². The average molecular weight is 499 g/mol. The summed E-state index contributed by atoms with van der Waals surface area (Å²) in [6.07, 6.45) is -5.03. The maximum absolute atomic E-state index is 15.2. The Morgan fingerprint density at radius 1 is 1.06 bits per heavy atom. The minimum Gasteiger partial charge on any atom is -0.478 e. The van der Waals surface area contributed by atoms with Crippen LogP contribution in [0.25, 0.3) is 5.69 Å². The molecule has 1 aromatic heterocycles. The van der Waals surface area contributed by atoms with Crippen LogP contribution in [0.1, 0.15) is 62.5 Å². The second-order valence-electron chi connectivity index (χ2n) is 7.84. The number of halogens is 6. The van der Waals surface area contributed by atoms with Crippen LogP contribution in [0.2, 0.25) is 5.02 Å². The third-order valence-electron chi connectivity index (χ3n) is 5.62. The number of benzene rings is 2. The first-order valence-corrected chi connectivity index (χ1v) is 10.5. The highest BCUT2D eigenvalue weighted by Crippen LogP contribution is 2.43. The first kappa shape index (κ1) is 23.9. The Bertz CT molecular complexity index is 1280. The monoisotopic (exact) mass is 498 g/mol. The quantitative estimate of drug-likeness (QED) is 0.260. The molecular weight excluding hydrogens is 483 g/mol. The van der Waals surface area contributed by atoms with Gasteiger partial charge in [-0.15, -0.1) is 0 Å². The number of hydrogen-bond acceptors (Lipinski definition) is 3. The van der Waals surface area contributed by atoms with E-state index >= 15 is 8.78 Å². The van der Waals surface area contributed by atoms with Gasteiger partial charge in [-0.25, -0.2) is 9.48 Å². The van der Waals surface area contributed by atoms with E-state index in [0.717, 1.165) is 16.8 Å². The predicted octanol–water partition coefficient (Wildman–Crippen LogP) is 6.29. The van der Waals surface area contributed by atoms with Crippen LogP contribution in [0, 0.1) is 0 Å².